The molecule has 1 aliphatic heterocycles. The summed E-state index contributed by atoms with van der Waals surface area (Å²) in [6.07, 6.45) is 8.01. The molecule has 0 saturated carbocycles. The number of carbonyl (C=O) groups excluding carboxylic acids is 1. The minimum atomic E-state index is -0.585. The summed E-state index contributed by atoms with van der Waals surface area (Å²) in [6.45, 7) is 1.25. The van der Waals surface area contributed by atoms with Crippen molar-refractivity contribution in [3.8, 4) is 12.3 Å². The van der Waals surface area contributed by atoms with Gasteiger partial charge in [-0.1, -0.05) is 6.07 Å². The zero-order valence-corrected chi connectivity index (χ0v) is 9.60. The molecular weight excluding hydrogens is 214 g/mol. The third-order valence-electron chi connectivity index (χ3n) is 2.93. The van der Waals surface area contributed by atoms with Gasteiger partial charge in [0.25, 0.3) is 0 Å². The molecule has 1 atom stereocenters. The first-order valence-electron chi connectivity index (χ1n) is 5.63. The molecule has 2 heterocycles. The number of aromatic nitrogens is 1. The van der Waals surface area contributed by atoms with Crippen LogP contribution in [-0.4, -0.2) is 28.4 Å². The van der Waals surface area contributed by atoms with Crippen LogP contribution in [0, 0.1) is 12.3 Å². The lowest BCUT2D eigenvalue weighted by molar-refractivity contribution is -0.133. The van der Waals surface area contributed by atoms with E-state index in [1.807, 2.05) is 12.1 Å². The molecule has 1 aliphatic rings. The second kappa shape index (κ2) is 4.98. The van der Waals surface area contributed by atoms with Crippen LogP contribution in [0.15, 0.2) is 18.3 Å². The minimum Gasteiger partial charge on any atom is -0.337 e. The summed E-state index contributed by atoms with van der Waals surface area (Å²) < 4.78 is 0. The SMILES string of the molecule is C#CCC(N)C(=O)N1CCc2ncccc2C1. The highest BCUT2D eigenvalue weighted by molar-refractivity contribution is 5.82. The Morgan fingerprint density at radius 1 is 1.71 bits per heavy atom. The van der Waals surface area contributed by atoms with Crippen LogP contribution in [0.3, 0.4) is 0 Å². The average molecular weight is 229 g/mol. The fourth-order valence-electron chi connectivity index (χ4n) is 2.00. The Balaban J connectivity index is 2.08. The number of amides is 1. The monoisotopic (exact) mass is 229 g/mol. The van der Waals surface area contributed by atoms with E-state index in [0.29, 0.717) is 13.1 Å². The lowest BCUT2D eigenvalue weighted by Gasteiger charge is -2.29. The van der Waals surface area contributed by atoms with Crippen LogP contribution in [0.5, 0.6) is 0 Å². The van der Waals surface area contributed by atoms with E-state index in [2.05, 4.69) is 10.9 Å². The Hall–Kier alpha value is -1.86. The van der Waals surface area contributed by atoms with Gasteiger partial charge in [0.2, 0.25) is 5.91 Å². The Bertz CT molecular complexity index is 464. The molecule has 2 N–H and O–H groups in total. The minimum absolute atomic E-state index is 0.0718. The summed E-state index contributed by atoms with van der Waals surface area (Å²) >= 11 is 0. The molecule has 0 aliphatic carbocycles. The Morgan fingerprint density at radius 2 is 2.53 bits per heavy atom. The number of nitrogens with zero attached hydrogens (tertiary/aromatic N) is 2. The lowest BCUT2D eigenvalue weighted by Crippen LogP contribution is -2.45. The largest absolute Gasteiger partial charge is 0.337 e. The molecule has 0 fully saturated rings. The summed E-state index contributed by atoms with van der Waals surface area (Å²) in [5.41, 5.74) is 7.90. The molecule has 4 nitrogen and oxygen atoms in total. The molecule has 0 saturated heterocycles. The predicted octanol–water partition coefficient (Wildman–Crippen LogP) is 0.317. The van der Waals surface area contributed by atoms with Crippen molar-refractivity contribution < 1.29 is 4.79 Å². The maximum absolute atomic E-state index is 12.0. The van der Waals surface area contributed by atoms with Crippen molar-refractivity contribution in [2.24, 2.45) is 5.73 Å². The Morgan fingerprint density at radius 3 is 3.29 bits per heavy atom. The van der Waals surface area contributed by atoms with Gasteiger partial charge in [0, 0.05) is 37.8 Å². The second-order valence-electron chi connectivity index (χ2n) is 4.13. The first kappa shape index (κ1) is 11.6. The van der Waals surface area contributed by atoms with Crippen molar-refractivity contribution in [1.29, 1.82) is 0 Å². The highest BCUT2D eigenvalue weighted by Crippen LogP contribution is 2.17. The van der Waals surface area contributed by atoms with Gasteiger partial charge in [-0.3, -0.25) is 9.78 Å². The van der Waals surface area contributed by atoms with E-state index < -0.39 is 6.04 Å². The van der Waals surface area contributed by atoms with Crippen LogP contribution >= 0.6 is 0 Å². The van der Waals surface area contributed by atoms with Gasteiger partial charge in [0.05, 0.1) is 6.04 Å². The van der Waals surface area contributed by atoms with Crippen LogP contribution in [0.4, 0.5) is 0 Å². The molecule has 1 aromatic heterocycles. The van der Waals surface area contributed by atoms with Gasteiger partial charge >= 0.3 is 0 Å². The molecule has 0 radical (unpaired) electrons. The number of carbonyl (C=O) groups is 1. The Kier molecular flexibility index (Phi) is 3.40. The van der Waals surface area contributed by atoms with Gasteiger partial charge in [-0.2, -0.15) is 0 Å². The van der Waals surface area contributed by atoms with Crippen molar-refractivity contribution in [2.45, 2.75) is 25.4 Å². The fraction of sp³-hybridized carbons (Fsp3) is 0.385. The summed E-state index contributed by atoms with van der Waals surface area (Å²) in [5, 5.41) is 0. The van der Waals surface area contributed by atoms with Crippen molar-refractivity contribution in [3.63, 3.8) is 0 Å². The van der Waals surface area contributed by atoms with Gasteiger partial charge in [-0.15, -0.1) is 12.3 Å². The predicted molar refractivity (Wildman–Crippen MR) is 64.8 cm³/mol. The molecule has 4 heteroatoms. The number of fused-ring (bicyclic) bond motifs is 1. The molecule has 17 heavy (non-hydrogen) atoms. The van der Waals surface area contributed by atoms with Crippen LogP contribution in [0.2, 0.25) is 0 Å². The first-order valence-corrected chi connectivity index (χ1v) is 5.63. The number of nitrogens with two attached hydrogens (primary N) is 1. The zero-order valence-electron chi connectivity index (χ0n) is 9.60. The van der Waals surface area contributed by atoms with E-state index in [-0.39, 0.29) is 12.3 Å². The topological polar surface area (TPSA) is 59.2 Å². The smallest absolute Gasteiger partial charge is 0.240 e. The van der Waals surface area contributed by atoms with Gasteiger partial charge in [0.15, 0.2) is 0 Å². The van der Waals surface area contributed by atoms with Gasteiger partial charge < -0.3 is 10.6 Å². The highest BCUT2D eigenvalue weighted by Gasteiger charge is 2.24. The van der Waals surface area contributed by atoms with Crippen molar-refractivity contribution in [2.75, 3.05) is 6.54 Å². The van der Waals surface area contributed by atoms with Gasteiger partial charge in [-0.25, -0.2) is 0 Å². The van der Waals surface area contributed by atoms with Crippen molar-refractivity contribution >= 4 is 5.91 Å². The van der Waals surface area contributed by atoms with E-state index in [0.717, 1.165) is 17.7 Å². The standard InChI is InChI=1S/C13H15N3O/c1-2-4-11(14)13(17)16-8-6-12-10(9-16)5-3-7-15-12/h1,3,5,7,11H,4,6,8-9,14H2. The molecule has 0 bridgehead atoms. The van der Waals surface area contributed by atoms with Gasteiger partial charge in [0.1, 0.15) is 0 Å². The van der Waals surface area contributed by atoms with E-state index in [9.17, 15) is 4.79 Å². The average Bonchev–Trinajstić information content (AvgIpc) is 2.37. The molecule has 1 unspecified atom stereocenters. The molecule has 0 spiro atoms. The van der Waals surface area contributed by atoms with Crippen LogP contribution < -0.4 is 5.73 Å². The van der Waals surface area contributed by atoms with Crippen LogP contribution in [-0.2, 0) is 17.8 Å². The van der Waals surface area contributed by atoms with E-state index >= 15 is 0 Å². The van der Waals surface area contributed by atoms with Gasteiger partial charge in [-0.05, 0) is 11.6 Å². The molecule has 1 aromatic rings. The fourth-order valence-corrected chi connectivity index (χ4v) is 2.00. The molecule has 88 valence electrons. The maximum atomic E-state index is 12.0. The molecule has 0 aromatic carbocycles. The van der Waals surface area contributed by atoms with Crippen LogP contribution in [0.1, 0.15) is 17.7 Å². The summed E-state index contributed by atoms with van der Waals surface area (Å²) in [4.78, 5) is 18.0. The Labute approximate surface area is 101 Å². The quantitative estimate of drug-likeness (QED) is 0.743. The number of rotatable bonds is 2. The highest BCUT2D eigenvalue weighted by atomic mass is 16.2. The normalized spacial score (nSPS) is 15.9. The van der Waals surface area contributed by atoms with E-state index in [1.165, 1.54) is 0 Å². The molecular formula is C13H15N3O. The van der Waals surface area contributed by atoms with Crippen LogP contribution in [0.25, 0.3) is 0 Å². The first-order chi connectivity index (χ1) is 8.22. The number of hydrogen-bond acceptors (Lipinski definition) is 3. The third kappa shape index (κ3) is 2.45. The second-order valence-corrected chi connectivity index (χ2v) is 4.13. The molecule has 2 rings (SSSR count). The lowest BCUT2D eigenvalue weighted by atomic mass is 10.0. The molecule has 1 amide bonds. The summed E-state index contributed by atoms with van der Waals surface area (Å²) in [6, 6.07) is 3.29. The summed E-state index contributed by atoms with van der Waals surface area (Å²) in [7, 11) is 0. The van der Waals surface area contributed by atoms with Crippen molar-refractivity contribution in [1.82, 2.24) is 9.88 Å². The third-order valence-corrected chi connectivity index (χ3v) is 2.93. The number of terminal acetylenes is 1. The number of hydrogen-bond donors (Lipinski definition) is 1. The van der Waals surface area contributed by atoms with E-state index in [4.69, 9.17) is 12.2 Å². The zero-order chi connectivity index (χ0) is 12.3. The van der Waals surface area contributed by atoms with Crippen molar-refractivity contribution in [3.05, 3.63) is 29.6 Å². The maximum Gasteiger partial charge on any atom is 0.240 e. The summed E-state index contributed by atoms with van der Waals surface area (Å²) in [5.74, 6) is 2.35. The number of pyridine rings is 1. The van der Waals surface area contributed by atoms with E-state index in [1.54, 1.807) is 11.1 Å².